The maximum absolute atomic E-state index is 12.3. The fourth-order valence-corrected chi connectivity index (χ4v) is 2.51. The third kappa shape index (κ3) is 5.85. The second kappa shape index (κ2) is 11.1. The molecule has 0 unspecified atom stereocenters. The van der Waals surface area contributed by atoms with Crippen LogP contribution < -0.4 is 5.32 Å². The van der Waals surface area contributed by atoms with Gasteiger partial charge in [0.2, 0.25) is 0 Å². The van der Waals surface area contributed by atoms with Crippen LogP contribution in [0, 0.1) is 0 Å². The smallest absolute Gasteiger partial charge is 0.289 e. The number of nitrogens with one attached hydrogen (secondary N) is 1. The Bertz CT molecular complexity index is 535. The number of carbonyl (C=O) groups is 1. The third-order valence-corrected chi connectivity index (χ3v) is 3.73. The van der Waals surface area contributed by atoms with E-state index in [1.165, 1.54) is 6.26 Å². The number of hydrogen-bond donors (Lipinski definition) is 1. The van der Waals surface area contributed by atoms with E-state index in [4.69, 9.17) is 4.42 Å². The van der Waals surface area contributed by atoms with Gasteiger partial charge in [-0.1, -0.05) is 12.2 Å². The highest BCUT2D eigenvalue weighted by atomic mass is 127. The maximum Gasteiger partial charge on any atom is 0.289 e. The summed E-state index contributed by atoms with van der Waals surface area (Å²) in [4.78, 5) is 21.0. The van der Waals surface area contributed by atoms with E-state index in [1.54, 1.807) is 12.1 Å². The van der Waals surface area contributed by atoms with Gasteiger partial charge in [-0.15, -0.1) is 24.0 Å². The van der Waals surface area contributed by atoms with Crippen molar-refractivity contribution in [2.75, 3.05) is 39.3 Å². The third-order valence-electron chi connectivity index (χ3n) is 3.73. The summed E-state index contributed by atoms with van der Waals surface area (Å²) in [6.07, 6.45) is 6.64. The molecular weight excluding hydrogens is 419 g/mol. The Labute approximate surface area is 161 Å². The first-order chi connectivity index (χ1) is 11.3. The van der Waals surface area contributed by atoms with Crippen LogP contribution in [-0.4, -0.2) is 60.9 Å². The van der Waals surface area contributed by atoms with Crippen LogP contribution in [0.1, 0.15) is 30.8 Å². The largest absolute Gasteiger partial charge is 0.459 e. The lowest BCUT2D eigenvalue weighted by Gasteiger charge is -2.36. The van der Waals surface area contributed by atoms with Crippen molar-refractivity contribution in [3.8, 4) is 0 Å². The van der Waals surface area contributed by atoms with Gasteiger partial charge in [0.15, 0.2) is 11.7 Å². The van der Waals surface area contributed by atoms with Crippen molar-refractivity contribution in [1.82, 2.24) is 15.1 Å². The van der Waals surface area contributed by atoms with Crippen LogP contribution >= 0.6 is 24.0 Å². The molecule has 1 aliphatic rings. The lowest BCUT2D eigenvalue weighted by atomic mass is 10.3. The quantitative estimate of drug-likeness (QED) is 0.248. The van der Waals surface area contributed by atoms with Crippen molar-refractivity contribution < 1.29 is 9.21 Å². The zero-order valence-corrected chi connectivity index (χ0v) is 16.7. The molecule has 1 saturated heterocycles. The van der Waals surface area contributed by atoms with Gasteiger partial charge in [-0.2, -0.15) is 0 Å². The van der Waals surface area contributed by atoms with Gasteiger partial charge < -0.3 is 19.5 Å². The molecule has 2 rings (SSSR count). The summed E-state index contributed by atoms with van der Waals surface area (Å²) in [5, 5.41) is 3.33. The number of hydrogen-bond acceptors (Lipinski definition) is 3. The number of amides is 1. The Morgan fingerprint density at radius 2 is 2.04 bits per heavy atom. The zero-order chi connectivity index (χ0) is 16.5. The Hall–Kier alpha value is -1.51. The number of carbonyl (C=O) groups excluding carboxylic acids is 1. The molecule has 1 fully saturated rings. The van der Waals surface area contributed by atoms with Gasteiger partial charge in [0.25, 0.3) is 5.91 Å². The van der Waals surface area contributed by atoms with Crippen LogP contribution in [0.25, 0.3) is 0 Å². The van der Waals surface area contributed by atoms with E-state index in [0.717, 1.165) is 38.6 Å². The minimum absolute atomic E-state index is 0. The number of rotatable bonds is 5. The molecule has 24 heavy (non-hydrogen) atoms. The number of allylic oxidation sites excluding steroid dienone is 1. The van der Waals surface area contributed by atoms with Crippen molar-refractivity contribution in [2.24, 2.45) is 4.99 Å². The molecule has 7 heteroatoms. The van der Waals surface area contributed by atoms with E-state index in [2.05, 4.69) is 28.2 Å². The highest BCUT2D eigenvalue weighted by molar-refractivity contribution is 14.0. The molecule has 0 radical (unpaired) electrons. The number of furan rings is 1. The molecule has 0 aliphatic carbocycles. The fraction of sp³-hybridized carbons (Fsp3) is 0.529. The van der Waals surface area contributed by atoms with E-state index in [-0.39, 0.29) is 29.9 Å². The Morgan fingerprint density at radius 1 is 1.33 bits per heavy atom. The van der Waals surface area contributed by atoms with Gasteiger partial charge in [0.1, 0.15) is 0 Å². The lowest BCUT2D eigenvalue weighted by Crippen LogP contribution is -2.53. The average Bonchev–Trinajstić information content (AvgIpc) is 3.12. The summed E-state index contributed by atoms with van der Waals surface area (Å²) in [6.45, 7) is 8.62. The highest BCUT2D eigenvalue weighted by Gasteiger charge is 2.24. The predicted octanol–water partition coefficient (Wildman–Crippen LogP) is 2.59. The summed E-state index contributed by atoms with van der Waals surface area (Å²) in [5.74, 6) is 1.30. The number of nitrogens with zero attached hydrogens (tertiary/aromatic N) is 3. The van der Waals surface area contributed by atoms with E-state index in [0.29, 0.717) is 18.8 Å². The van der Waals surface area contributed by atoms with E-state index >= 15 is 0 Å². The minimum atomic E-state index is -0.0373. The van der Waals surface area contributed by atoms with Crippen LogP contribution in [-0.2, 0) is 0 Å². The topological polar surface area (TPSA) is 61.1 Å². The number of aliphatic imine (C=N–C) groups is 1. The standard InChI is InChI=1S/C17H26N4O2.HI/c1-3-5-6-9-19-17(18-4-2)21-12-10-20(11-13-21)16(22)15-8-7-14-23-15;/h3,5,7-8,14H,4,6,9-13H2,1-2H3,(H,18,19);1H. The number of guanidine groups is 1. The molecule has 6 nitrogen and oxygen atoms in total. The second-order valence-corrected chi connectivity index (χ2v) is 5.35. The molecule has 0 bridgehead atoms. The van der Waals surface area contributed by atoms with Crippen molar-refractivity contribution in [2.45, 2.75) is 20.3 Å². The molecule has 1 aliphatic heterocycles. The Morgan fingerprint density at radius 3 is 2.62 bits per heavy atom. The van der Waals surface area contributed by atoms with Gasteiger partial charge in [-0.05, 0) is 32.4 Å². The molecule has 2 heterocycles. The van der Waals surface area contributed by atoms with Crippen LogP contribution in [0.5, 0.6) is 0 Å². The summed E-state index contributed by atoms with van der Waals surface area (Å²) >= 11 is 0. The monoisotopic (exact) mass is 446 g/mol. The van der Waals surface area contributed by atoms with Gasteiger partial charge in [0.05, 0.1) is 6.26 Å². The molecular formula is C17H27IN4O2. The number of halogens is 1. The van der Waals surface area contributed by atoms with E-state index in [1.807, 2.05) is 17.9 Å². The lowest BCUT2D eigenvalue weighted by molar-refractivity contribution is 0.0657. The first-order valence-electron chi connectivity index (χ1n) is 8.23. The first-order valence-corrected chi connectivity index (χ1v) is 8.23. The SMILES string of the molecule is CC=CCCN=C(NCC)N1CCN(C(=O)c2ccco2)CC1.I. The molecule has 1 amide bonds. The first kappa shape index (κ1) is 20.5. The zero-order valence-electron chi connectivity index (χ0n) is 14.4. The van der Waals surface area contributed by atoms with E-state index < -0.39 is 0 Å². The Balaban J connectivity index is 0.00000288. The van der Waals surface area contributed by atoms with Crippen LogP contribution in [0.3, 0.4) is 0 Å². The molecule has 134 valence electrons. The van der Waals surface area contributed by atoms with Gasteiger partial charge in [0, 0.05) is 39.3 Å². The van der Waals surface area contributed by atoms with Crippen molar-refractivity contribution in [1.29, 1.82) is 0 Å². The fourth-order valence-electron chi connectivity index (χ4n) is 2.51. The molecule has 1 N–H and O–H groups in total. The van der Waals surface area contributed by atoms with Crippen molar-refractivity contribution in [3.05, 3.63) is 36.3 Å². The molecule has 0 spiro atoms. The molecule has 0 aromatic carbocycles. The Kier molecular flexibility index (Phi) is 9.51. The molecule has 0 atom stereocenters. The van der Waals surface area contributed by atoms with Gasteiger partial charge in [-0.3, -0.25) is 9.79 Å². The van der Waals surface area contributed by atoms with Gasteiger partial charge in [-0.25, -0.2) is 0 Å². The normalized spacial score (nSPS) is 15.5. The second-order valence-electron chi connectivity index (χ2n) is 5.35. The molecule has 1 aromatic rings. The predicted molar refractivity (Wildman–Crippen MR) is 107 cm³/mol. The minimum Gasteiger partial charge on any atom is -0.459 e. The summed E-state index contributed by atoms with van der Waals surface area (Å²) < 4.78 is 5.19. The average molecular weight is 446 g/mol. The maximum atomic E-state index is 12.3. The number of piperazine rings is 1. The van der Waals surface area contributed by atoms with Gasteiger partial charge >= 0.3 is 0 Å². The summed E-state index contributed by atoms with van der Waals surface area (Å²) in [5.41, 5.74) is 0. The van der Waals surface area contributed by atoms with Crippen LogP contribution in [0.4, 0.5) is 0 Å². The molecule has 0 saturated carbocycles. The van der Waals surface area contributed by atoms with Crippen LogP contribution in [0.15, 0.2) is 40.0 Å². The highest BCUT2D eigenvalue weighted by Crippen LogP contribution is 2.09. The summed E-state index contributed by atoms with van der Waals surface area (Å²) in [7, 11) is 0. The van der Waals surface area contributed by atoms with Crippen molar-refractivity contribution in [3.63, 3.8) is 0 Å². The van der Waals surface area contributed by atoms with Crippen molar-refractivity contribution >= 4 is 35.8 Å². The summed E-state index contributed by atoms with van der Waals surface area (Å²) in [6, 6.07) is 3.45. The van der Waals surface area contributed by atoms with E-state index in [9.17, 15) is 4.79 Å². The van der Waals surface area contributed by atoms with Crippen LogP contribution in [0.2, 0.25) is 0 Å². The molecule has 1 aromatic heterocycles.